The number of nitrogens with two attached hydrogens (primary N) is 1. The van der Waals surface area contributed by atoms with Crippen LogP contribution in [0.25, 0.3) is 0 Å². The van der Waals surface area contributed by atoms with Crippen molar-refractivity contribution in [3.05, 3.63) is 35.9 Å². The van der Waals surface area contributed by atoms with Gasteiger partial charge in [-0.3, -0.25) is 0 Å². The Hall–Kier alpha value is -0.860. The van der Waals surface area contributed by atoms with E-state index in [0.29, 0.717) is 5.92 Å². The van der Waals surface area contributed by atoms with Crippen LogP contribution in [0.5, 0.6) is 0 Å². The second kappa shape index (κ2) is 6.35. The minimum atomic E-state index is 0.479. The molecule has 1 saturated heterocycles. The number of piperidine rings is 1. The van der Waals surface area contributed by atoms with Crippen molar-refractivity contribution in [3.8, 4) is 0 Å². The highest BCUT2D eigenvalue weighted by Gasteiger charge is 2.24. The van der Waals surface area contributed by atoms with E-state index in [9.17, 15) is 0 Å². The van der Waals surface area contributed by atoms with Crippen molar-refractivity contribution in [2.24, 2.45) is 17.6 Å². The molecule has 0 aliphatic carbocycles. The zero-order valence-corrected chi connectivity index (χ0v) is 11.7. The minimum Gasteiger partial charge on any atom is -0.330 e. The SMILES string of the molecule is CC1CCN(CC(CN)c2ccccc2)CC1C. The van der Waals surface area contributed by atoms with E-state index in [4.69, 9.17) is 5.73 Å². The summed E-state index contributed by atoms with van der Waals surface area (Å²) in [5.41, 5.74) is 7.34. The molecule has 0 bridgehead atoms. The summed E-state index contributed by atoms with van der Waals surface area (Å²) in [5.74, 6) is 2.16. The van der Waals surface area contributed by atoms with Crippen LogP contribution in [-0.2, 0) is 0 Å². The summed E-state index contributed by atoms with van der Waals surface area (Å²) in [6.45, 7) is 9.05. The van der Waals surface area contributed by atoms with Crippen LogP contribution >= 0.6 is 0 Å². The predicted molar refractivity (Wildman–Crippen MR) is 77.6 cm³/mol. The zero-order valence-electron chi connectivity index (χ0n) is 11.7. The number of rotatable bonds is 4. The Morgan fingerprint density at radius 3 is 2.56 bits per heavy atom. The third-order valence-corrected chi connectivity index (χ3v) is 4.45. The third-order valence-electron chi connectivity index (χ3n) is 4.45. The van der Waals surface area contributed by atoms with Gasteiger partial charge in [-0.05, 0) is 30.4 Å². The monoisotopic (exact) mass is 246 g/mol. The summed E-state index contributed by atoms with van der Waals surface area (Å²) in [6, 6.07) is 10.7. The summed E-state index contributed by atoms with van der Waals surface area (Å²) in [7, 11) is 0. The summed E-state index contributed by atoms with van der Waals surface area (Å²) < 4.78 is 0. The van der Waals surface area contributed by atoms with Crippen molar-refractivity contribution in [1.29, 1.82) is 0 Å². The lowest BCUT2D eigenvalue weighted by Crippen LogP contribution is -2.41. The summed E-state index contributed by atoms with van der Waals surface area (Å²) in [5, 5.41) is 0. The molecule has 1 fully saturated rings. The van der Waals surface area contributed by atoms with Crippen LogP contribution in [0, 0.1) is 11.8 Å². The first-order valence-electron chi connectivity index (χ1n) is 7.18. The van der Waals surface area contributed by atoms with Crippen LogP contribution in [0.1, 0.15) is 31.7 Å². The van der Waals surface area contributed by atoms with Gasteiger partial charge in [0.25, 0.3) is 0 Å². The molecule has 2 rings (SSSR count). The molecule has 2 nitrogen and oxygen atoms in total. The lowest BCUT2D eigenvalue weighted by Gasteiger charge is -2.37. The fraction of sp³-hybridized carbons (Fsp3) is 0.625. The molecule has 0 amide bonds. The van der Waals surface area contributed by atoms with Crippen molar-refractivity contribution >= 4 is 0 Å². The van der Waals surface area contributed by atoms with Crippen LogP contribution in [0.15, 0.2) is 30.3 Å². The van der Waals surface area contributed by atoms with E-state index in [1.54, 1.807) is 0 Å². The molecule has 3 atom stereocenters. The van der Waals surface area contributed by atoms with E-state index in [1.807, 2.05) is 0 Å². The van der Waals surface area contributed by atoms with Crippen molar-refractivity contribution in [1.82, 2.24) is 4.90 Å². The van der Waals surface area contributed by atoms with Gasteiger partial charge in [0.05, 0.1) is 0 Å². The van der Waals surface area contributed by atoms with Gasteiger partial charge in [0.15, 0.2) is 0 Å². The van der Waals surface area contributed by atoms with Gasteiger partial charge in [-0.2, -0.15) is 0 Å². The maximum atomic E-state index is 5.96. The molecule has 0 aromatic heterocycles. The highest BCUT2D eigenvalue weighted by atomic mass is 15.1. The van der Waals surface area contributed by atoms with Gasteiger partial charge >= 0.3 is 0 Å². The Morgan fingerprint density at radius 2 is 1.94 bits per heavy atom. The molecule has 0 spiro atoms. The van der Waals surface area contributed by atoms with Gasteiger partial charge in [0, 0.05) is 25.6 Å². The van der Waals surface area contributed by atoms with Gasteiger partial charge in [-0.25, -0.2) is 0 Å². The van der Waals surface area contributed by atoms with E-state index in [0.717, 1.165) is 24.9 Å². The summed E-state index contributed by atoms with van der Waals surface area (Å²) >= 11 is 0. The maximum absolute atomic E-state index is 5.96. The molecule has 0 saturated carbocycles. The molecular weight excluding hydrogens is 220 g/mol. The third kappa shape index (κ3) is 3.33. The lowest BCUT2D eigenvalue weighted by atomic mass is 9.87. The normalized spacial score (nSPS) is 27.1. The predicted octanol–water partition coefficient (Wildman–Crippen LogP) is 2.71. The van der Waals surface area contributed by atoms with Crippen LogP contribution in [0.3, 0.4) is 0 Å². The van der Waals surface area contributed by atoms with Gasteiger partial charge in [0.1, 0.15) is 0 Å². The average Bonchev–Trinajstić information content (AvgIpc) is 2.41. The van der Waals surface area contributed by atoms with Crippen LogP contribution in [-0.4, -0.2) is 31.1 Å². The van der Waals surface area contributed by atoms with Gasteiger partial charge in [0.2, 0.25) is 0 Å². The Balaban J connectivity index is 1.95. The number of benzene rings is 1. The second-order valence-corrected chi connectivity index (χ2v) is 5.85. The Kier molecular flexibility index (Phi) is 4.79. The topological polar surface area (TPSA) is 29.3 Å². The molecule has 2 heteroatoms. The van der Waals surface area contributed by atoms with E-state index >= 15 is 0 Å². The Bertz CT molecular complexity index is 349. The molecule has 1 aromatic rings. The first kappa shape index (κ1) is 13.6. The van der Waals surface area contributed by atoms with Gasteiger partial charge in [-0.1, -0.05) is 44.2 Å². The number of nitrogens with zero attached hydrogens (tertiary/aromatic N) is 1. The quantitative estimate of drug-likeness (QED) is 0.885. The average molecular weight is 246 g/mol. The lowest BCUT2D eigenvalue weighted by molar-refractivity contribution is 0.132. The number of hydrogen-bond acceptors (Lipinski definition) is 2. The molecule has 1 heterocycles. The molecule has 3 unspecified atom stereocenters. The van der Waals surface area contributed by atoms with Crippen molar-refractivity contribution < 1.29 is 0 Å². The van der Waals surface area contributed by atoms with E-state index in [2.05, 4.69) is 49.1 Å². The maximum Gasteiger partial charge on any atom is 0.00888 e. The zero-order chi connectivity index (χ0) is 13.0. The highest BCUT2D eigenvalue weighted by Crippen LogP contribution is 2.24. The molecule has 2 N–H and O–H groups in total. The fourth-order valence-electron chi connectivity index (χ4n) is 2.87. The summed E-state index contributed by atoms with van der Waals surface area (Å²) in [4.78, 5) is 2.59. The van der Waals surface area contributed by atoms with Gasteiger partial charge < -0.3 is 10.6 Å². The van der Waals surface area contributed by atoms with Crippen molar-refractivity contribution in [2.75, 3.05) is 26.2 Å². The largest absolute Gasteiger partial charge is 0.330 e. The molecule has 0 radical (unpaired) electrons. The van der Waals surface area contributed by atoms with Crippen molar-refractivity contribution in [2.45, 2.75) is 26.2 Å². The standard InChI is InChI=1S/C16H26N2/c1-13-8-9-18(11-14(13)2)12-16(10-17)15-6-4-3-5-7-15/h3-7,13-14,16H,8-12,17H2,1-2H3. The number of likely N-dealkylation sites (tertiary alicyclic amines) is 1. The van der Waals surface area contributed by atoms with Crippen LogP contribution in [0.2, 0.25) is 0 Å². The van der Waals surface area contributed by atoms with E-state index < -0.39 is 0 Å². The van der Waals surface area contributed by atoms with Gasteiger partial charge in [-0.15, -0.1) is 0 Å². The van der Waals surface area contributed by atoms with Crippen LogP contribution in [0.4, 0.5) is 0 Å². The Morgan fingerprint density at radius 1 is 1.22 bits per heavy atom. The van der Waals surface area contributed by atoms with E-state index in [1.165, 1.54) is 25.1 Å². The minimum absolute atomic E-state index is 0.479. The first-order valence-corrected chi connectivity index (χ1v) is 7.18. The summed E-state index contributed by atoms with van der Waals surface area (Å²) in [6.07, 6.45) is 1.33. The fourth-order valence-corrected chi connectivity index (χ4v) is 2.87. The van der Waals surface area contributed by atoms with Crippen molar-refractivity contribution in [3.63, 3.8) is 0 Å². The van der Waals surface area contributed by atoms with Crippen LogP contribution < -0.4 is 5.73 Å². The number of hydrogen-bond donors (Lipinski definition) is 1. The molecule has 1 aliphatic rings. The first-order chi connectivity index (χ1) is 8.70. The molecule has 100 valence electrons. The molecule has 1 aromatic carbocycles. The molecule has 18 heavy (non-hydrogen) atoms. The second-order valence-electron chi connectivity index (χ2n) is 5.85. The Labute approximate surface area is 111 Å². The highest BCUT2D eigenvalue weighted by molar-refractivity contribution is 5.20. The molecule has 1 aliphatic heterocycles. The molecular formula is C16H26N2. The smallest absolute Gasteiger partial charge is 0.00888 e. The van der Waals surface area contributed by atoms with E-state index in [-0.39, 0.29) is 0 Å².